The highest BCUT2D eigenvalue weighted by molar-refractivity contribution is 6.01. The SMILES string of the molecule is CCOc1ccc(C=C(C#N)C(=O)NCC2CCCO2)cc1OCC. The lowest BCUT2D eigenvalue weighted by atomic mass is 10.1. The molecule has 1 aromatic carbocycles. The van der Waals surface area contributed by atoms with Crippen molar-refractivity contribution in [3.8, 4) is 17.6 Å². The number of ether oxygens (including phenoxy) is 3. The van der Waals surface area contributed by atoms with Gasteiger partial charge in [-0.25, -0.2) is 0 Å². The third-order valence-electron chi connectivity index (χ3n) is 3.76. The van der Waals surface area contributed by atoms with Crippen molar-refractivity contribution in [2.75, 3.05) is 26.4 Å². The van der Waals surface area contributed by atoms with E-state index in [1.807, 2.05) is 19.9 Å². The molecule has 1 aliphatic heterocycles. The number of rotatable bonds is 8. The average molecular weight is 344 g/mol. The van der Waals surface area contributed by atoms with Crippen LogP contribution in [0.5, 0.6) is 11.5 Å². The quantitative estimate of drug-likeness (QED) is 0.579. The Kier molecular flexibility index (Phi) is 7.30. The van der Waals surface area contributed by atoms with E-state index in [2.05, 4.69) is 5.32 Å². The molecule has 1 aromatic rings. The molecule has 0 radical (unpaired) electrons. The van der Waals surface area contributed by atoms with Crippen LogP contribution in [0, 0.1) is 11.3 Å². The van der Waals surface area contributed by atoms with Gasteiger partial charge in [-0.3, -0.25) is 4.79 Å². The molecule has 1 atom stereocenters. The van der Waals surface area contributed by atoms with Crippen LogP contribution in [-0.4, -0.2) is 38.4 Å². The number of carbonyl (C=O) groups is 1. The molecule has 6 heteroatoms. The number of carbonyl (C=O) groups excluding carboxylic acids is 1. The molecule has 1 heterocycles. The van der Waals surface area contributed by atoms with Crippen molar-refractivity contribution in [3.63, 3.8) is 0 Å². The molecule has 0 bridgehead atoms. The van der Waals surface area contributed by atoms with E-state index in [-0.39, 0.29) is 11.7 Å². The lowest BCUT2D eigenvalue weighted by Crippen LogP contribution is -2.32. The minimum atomic E-state index is -0.398. The zero-order valence-electron chi connectivity index (χ0n) is 14.7. The molecule has 1 amide bonds. The van der Waals surface area contributed by atoms with Crippen LogP contribution in [0.4, 0.5) is 0 Å². The highest BCUT2D eigenvalue weighted by Crippen LogP contribution is 2.29. The lowest BCUT2D eigenvalue weighted by molar-refractivity contribution is -0.117. The largest absolute Gasteiger partial charge is 0.490 e. The van der Waals surface area contributed by atoms with E-state index < -0.39 is 5.91 Å². The van der Waals surface area contributed by atoms with Crippen LogP contribution < -0.4 is 14.8 Å². The Bertz CT molecular complexity index is 658. The van der Waals surface area contributed by atoms with Gasteiger partial charge in [0.15, 0.2) is 11.5 Å². The van der Waals surface area contributed by atoms with Gasteiger partial charge in [-0.05, 0) is 50.5 Å². The van der Waals surface area contributed by atoms with E-state index in [0.29, 0.717) is 36.8 Å². The molecular formula is C19H24N2O4. The second-order valence-corrected chi connectivity index (χ2v) is 5.59. The van der Waals surface area contributed by atoms with Gasteiger partial charge in [-0.15, -0.1) is 0 Å². The van der Waals surface area contributed by atoms with Gasteiger partial charge in [0, 0.05) is 13.2 Å². The molecule has 0 aliphatic carbocycles. The van der Waals surface area contributed by atoms with E-state index in [1.54, 1.807) is 24.3 Å². The summed E-state index contributed by atoms with van der Waals surface area (Å²) in [6.07, 6.45) is 3.53. The maximum absolute atomic E-state index is 12.2. The van der Waals surface area contributed by atoms with Crippen molar-refractivity contribution in [2.45, 2.75) is 32.8 Å². The van der Waals surface area contributed by atoms with Gasteiger partial charge in [-0.2, -0.15) is 5.26 Å². The minimum absolute atomic E-state index is 0.0407. The monoisotopic (exact) mass is 344 g/mol. The van der Waals surface area contributed by atoms with Gasteiger partial charge >= 0.3 is 0 Å². The Balaban J connectivity index is 2.10. The summed E-state index contributed by atoms with van der Waals surface area (Å²) in [6, 6.07) is 7.28. The summed E-state index contributed by atoms with van der Waals surface area (Å²) < 4.78 is 16.5. The first-order valence-electron chi connectivity index (χ1n) is 8.59. The number of amides is 1. The number of hydrogen-bond donors (Lipinski definition) is 1. The Labute approximate surface area is 148 Å². The van der Waals surface area contributed by atoms with E-state index >= 15 is 0 Å². The van der Waals surface area contributed by atoms with E-state index in [1.165, 1.54) is 0 Å². The molecule has 1 N–H and O–H groups in total. The minimum Gasteiger partial charge on any atom is -0.490 e. The zero-order chi connectivity index (χ0) is 18.1. The molecule has 1 aliphatic rings. The van der Waals surface area contributed by atoms with Gasteiger partial charge in [0.05, 0.1) is 19.3 Å². The summed E-state index contributed by atoms with van der Waals surface area (Å²) in [6.45, 7) is 5.97. The van der Waals surface area contributed by atoms with Crippen molar-refractivity contribution in [3.05, 3.63) is 29.3 Å². The molecule has 0 aromatic heterocycles. The topological polar surface area (TPSA) is 80.6 Å². The normalized spacial score (nSPS) is 17.0. The molecule has 0 spiro atoms. The summed E-state index contributed by atoms with van der Waals surface area (Å²) in [5, 5.41) is 12.1. The highest BCUT2D eigenvalue weighted by Gasteiger charge is 2.17. The summed E-state index contributed by atoms with van der Waals surface area (Å²) >= 11 is 0. The van der Waals surface area contributed by atoms with Crippen molar-refractivity contribution >= 4 is 12.0 Å². The summed E-state index contributed by atoms with van der Waals surface area (Å²) in [7, 11) is 0. The number of nitriles is 1. The summed E-state index contributed by atoms with van der Waals surface area (Å²) in [5.41, 5.74) is 0.750. The Morgan fingerprint density at radius 3 is 2.76 bits per heavy atom. The number of benzene rings is 1. The first-order valence-corrected chi connectivity index (χ1v) is 8.59. The maximum atomic E-state index is 12.2. The van der Waals surface area contributed by atoms with Crippen molar-refractivity contribution < 1.29 is 19.0 Å². The fraction of sp³-hybridized carbons (Fsp3) is 0.474. The van der Waals surface area contributed by atoms with E-state index in [0.717, 1.165) is 19.4 Å². The van der Waals surface area contributed by atoms with Gasteiger partial charge < -0.3 is 19.5 Å². The van der Waals surface area contributed by atoms with Crippen molar-refractivity contribution in [2.24, 2.45) is 0 Å². The third kappa shape index (κ3) is 5.50. The Morgan fingerprint density at radius 1 is 1.36 bits per heavy atom. The van der Waals surface area contributed by atoms with Gasteiger partial charge in [0.25, 0.3) is 5.91 Å². The first-order chi connectivity index (χ1) is 12.2. The Hall–Kier alpha value is -2.52. The third-order valence-corrected chi connectivity index (χ3v) is 3.76. The number of hydrogen-bond acceptors (Lipinski definition) is 5. The van der Waals surface area contributed by atoms with Crippen LogP contribution in [0.1, 0.15) is 32.3 Å². The molecule has 6 nitrogen and oxygen atoms in total. The van der Waals surface area contributed by atoms with Gasteiger partial charge in [-0.1, -0.05) is 6.07 Å². The summed E-state index contributed by atoms with van der Waals surface area (Å²) in [4.78, 5) is 12.2. The molecule has 1 saturated heterocycles. The number of nitrogens with one attached hydrogen (secondary N) is 1. The Morgan fingerprint density at radius 2 is 2.12 bits per heavy atom. The smallest absolute Gasteiger partial charge is 0.262 e. The maximum Gasteiger partial charge on any atom is 0.262 e. The van der Waals surface area contributed by atoms with Crippen LogP contribution in [0.2, 0.25) is 0 Å². The van der Waals surface area contributed by atoms with Crippen LogP contribution in [0.3, 0.4) is 0 Å². The predicted octanol–water partition coefficient (Wildman–Crippen LogP) is 2.69. The fourth-order valence-corrected chi connectivity index (χ4v) is 2.58. The van der Waals surface area contributed by atoms with Gasteiger partial charge in [0.1, 0.15) is 11.6 Å². The summed E-state index contributed by atoms with van der Waals surface area (Å²) in [5.74, 6) is 0.836. The molecule has 0 saturated carbocycles. The van der Waals surface area contributed by atoms with Crippen LogP contribution in [0.25, 0.3) is 6.08 Å². The molecule has 2 rings (SSSR count). The molecule has 1 fully saturated rings. The molecule has 25 heavy (non-hydrogen) atoms. The van der Waals surface area contributed by atoms with Crippen LogP contribution in [-0.2, 0) is 9.53 Å². The predicted molar refractivity (Wildman–Crippen MR) is 94.4 cm³/mol. The second kappa shape index (κ2) is 9.70. The lowest BCUT2D eigenvalue weighted by Gasteiger charge is -2.12. The average Bonchev–Trinajstić information content (AvgIpc) is 3.13. The zero-order valence-corrected chi connectivity index (χ0v) is 14.7. The molecule has 134 valence electrons. The fourth-order valence-electron chi connectivity index (χ4n) is 2.58. The van der Waals surface area contributed by atoms with Crippen LogP contribution in [0.15, 0.2) is 23.8 Å². The van der Waals surface area contributed by atoms with E-state index in [4.69, 9.17) is 14.2 Å². The standard InChI is InChI=1S/C19H24N2O4/c1-3-23-17-8-7-14(11-18(17)24-4-2)10-15(12-20)19(22)21-13-16-6-5-9-25-16/h7-8,10-11,16H,3-6,9,13H2,1-2H3,(H,21,22). The molecular weight excluding hydrogens is 320 g/mol. The van der Waals surface area contributed by atoms with Crippen molar-refractivity contribution in [1.82, 2.24) is 5.32 Å². The highest BCUT2D eigenvalue weighted by atomic mass is 16.5. The number of nitrogens with zero attached hydrogens (tertiary/aromatic N) is 1. The van der Waals surface area contributed by atoms with E-state index in [9.17, 15) is 10.1 Å². The van der Waals surface area contributed by atoms with Gasteiger partial charge in [0.2, 0.25) is 0 Å². The first kappa shape index (κ1) is 18.8. The second-order valence-electron chi connectivity index (χ2n) is 5.59. The van der Waals surface area contributed by atoms with Crippen LogP contribution >= 0.6 is 0 Å². The van der Waals surface area contributed by atoms with Crippen molar-refractivity contribution in [1.29, 1.82) is 5.26 Å². The molecule has 1 unspecified atom stereocenters.